The molecule has 8 heteroatoms. The van der Waals surface area contributed by atoms with Crippen LogP contribution >= 0.6 is 0 Å². The first-order chi connectivity index (χ1) is 18.8. The summed E-state index contributed by atoms with van der Waals surface area (Å²) in [5, 5.41) is 30.2. The predicted molar refractivity (Wildman–Crippen MR) is 149 cm³/mol. The molecule has 39 heavy (non-hydrogen) atoms. The second kappa shape index (κ2) is 11.0. The molecule has 0 spiro atoms. The number of phenols is 1. The Morgan fingerprint density at radius 2 is 1.82 bits per heavy atom. The average molecular weight is 529 g/mol. The van der Waals surface area contributed by atoms with Crippen molar-refractivity contribution < 1.29 is 19.0 Å². The third-order valence-corrected chi connectivity index (χ3v) is 7.35. The summed E-state index contributed by atoms with van der Waals surface area (Å²) in [7, 11) is 0. The summed E-state index contributed by atoms with van der Waals surface area (Å²) < 4.78 is 28.8. The lowest BCUT2D eigenvalue weighted by atomic mass is 9.92. The van der Waals surface area contributed by atoms with Crippen molar-refractivity contribution in [1.82, 2.24) is 9.88 Å². The number of nitriles is 1. The molecule has 0 aliphatic carbocycles. The Balaban J connectivity index is 1.64. The highest BCUT2D eigenvalue weighted by atomic mass is 19.1. The zero-order valence-corrected chi connectivity index (χ0v) is 22.0. The minimum absolute atomic E-state index is 0.117. The molecule has 1 aromatic heterocycles. The Morgan fingerprint density at radius 1 is 1.05 bits per heavy atom. The number of aryl methyl sites for hydroxylation is 1. The van der Waals surface area contributed by atoms with Crippen LogP contribution in [0.4, 0.5) is 14.5 Å². The van der Waals surface area contributed by atoms with E-state index in [9.17, 15) is 24.3 Å². The Bertz CT molecular complexity index is 1560. The predicted octanol–water partition coefficient (Wildman–Crippen LogP) is 5.48. The van der Waals surface area contributed by atoms with Gasteiger partial charge in [-0.15, -0.1) is 0 Å². The summed E-state index contributed by atoms with van der Waals surface area (Å²) >= 11 is 0. The zero-order valence-electron chi connectivity index (χ0n) is 22.0. The molecule has 0 atom stereocenters. The maximum absolute atomic E-state index is 14.5. The normalized spacial score (nSPS) is 13.6. The van der Waals surface area contributed by atoms with Crippen LogP contribution in [0.5, 0.6) is 5.75 Å². The van der Waals surface area contributed by atoms with E-state index in [1.807, 2.05) is 31.2 Å². The van der Waals surface area contributed by atoms with Gasteiger partial charge in [0.2, 0.25) is 0 Å². The summed E-state index contributed by atoms with van der Waals surface area (Å²) in [5.74, 6) is -0.828. The molecule has 5 rings (SSSR count). The lowest BCUT2D eigenvalue weighted by Crippen LogP contribution is -2.52. The maximum Gasteiger partial charge on any atom is 0.141 e. The minimum Gasteiger partial charge on any atom is -0.506 e. The molecule has 0 radical (unpaired) electrons. The molecule has 1 aliphatic heterocycles. The molecule has 0 amide bonds. The van der Waals surface area contributed by atoms with Gasteiger partial charge < -0.3 is 20.0 Å². The summed E-state index contributed by atoms with van der Waals surface area (Å²) in [6.07, 6.45) is 1.76. The van der Waals surface area contributed by atoms with Crippen LogP contribution < -0.4 is 4.90 Å². The fraction of sp³-hybridized carbons (Fsp3) is 0.290. The van der Waals surface area contributed by atoms with Gasteiger partial charge in [-0.2, -0.15) is 5.26 Å². The highest BCUT2D eigenvalue weighted by molar-refractivity contribution is 6.02. The number of likely N-dealkylation sites (N-methyl/N-ethyl adjacent to an activating group) is 1. The van der Waals surface area contributed by atoms with Crippen LogP contribution in [-0.4, -0.2) is 59.4 Å². The van der Waals surface area contributed by atoms with Gasteiger partial charge in [-0.3, -0.25) is 4.98 Å². The first-order valence-corrected chi connectivity index (χ1v) is 13.0. The molecule has 3 aromatic carbocycles. The number of fused-ring (bicyclic) bond motifs is 1. The lowest BCUT2D eigenvalue weighted by molar-refractivity contribution is 0.171. The Kier molecular flexibility index (Phi) is 7.47. The van der Waals surface area contributed by atoms with Crippen LogP contribution in [0.25, 0.3) is 33.2 Å². The molecule has 200 valence electrons. The van der Waals surface area contributed by atoms with Crippen LogP contribution in [0.15, 0.2) is 54.7 Å². The van der Waals surface area contributed by atoms with Gasteiger partial charge in [0.15, 0.2) is 0 Å². The molecule has 1 saturated heterocycles. The van der Waals surface area contributed by atoms with E-state index in [0.29, 0.717) is 29.1 Å². The summed E-state index contributed by atoms with van der Waals surface area (Å²) in [6, 6.07) is 14.4. The fourth-order valence-electron chi connectivity index (χ4n) is 5.45. The van der Waals surface area contributed by atoms with Gasteiger partial charge >= 0.3 is 0 Å². The lowest BCUT2D eigenvalue weighted by Gasteiger charge is -2.44. The van der Waals surface area contributed by atoms with Crippen LogP contribution in [0.3, 0.4) is 0 Å². The molecule has 2 heterocycles. The third-order valence-electron chi connectivity index (χ3n) is 7.35. The Morgan fingerprint density at radius 3 is 2.51 bits per heavy atom. The largest absolute Gasteiger partial charge is 0.506 e. The monoisotopic (exact) mass is 528 g/mol. The first-order valence-electron chi connectivity index (χ1n) is 13.0. The third kappa shape index (κ3) is 5.29. The van der Waals surface area contributed by atoms with E-state index >= 15 is 0 Å². The van der Waals surface area contributed by atoms with E-state index < -0.39 is 5.82 Å². The quantitative estimate of drug-likeness (QED) is 0.315. The highest BCUT2D eigenvalue weighted by Crippen LogP contribution is 2.42. The standard InChI is InChI=1S/C31H30F2N4O2/c1-3-36(6-7-38)16-20-17-37(18-20)30-27-12-21(26-13-25(33)11-23(14-34)31(26)39)4-5-29(27)35-15-28(30)22-8-19(2)9-24(32)10-22/h4-5,8-13,15,20,38-39H,3,6-7,16-18H2,1-2H3. The van der Waals surface area contributed by atoms with Gasteiger partial charge in [0.1, 0.15) is 23.5 Å². The number of aromatic hydroxyl groups is 1. The van der Waals surface area contributed by atoms with Crippen molar-refractivity contribution in [2.45, 2.75) is 13.8 Å². The molecule has 1 fully saturated rings. The number of aliphatic hydroxyl groups excluding tert-OH is 1. The average Bonchev–Trinajstić information content (AvgIpc) is 2.89. The van der Waals surface area contributed by atoms with Gasteiger partial charge in [-0.25, -0.2) is 8.78 Å². The molecule has 0 saturated carbocycles. The number of nitrogens with zero attached hydrogens (tertiary/aromatic N) is 4. The summed E-state index contributed by atoms with van der Waals surface area (Å²) in [6.45, 7) is 7.94. The van der Waals surface area contributed by atoms with Gasteiger partial charge in [0.25, 0.3) is 0 Å². The van der Waals surface area contributed by atoms with E-state index in [4.69, 9.17) is 0 Å². The maximum atomic E-state index is 14.5. The number of benzene rings is 3. The highest BCUT2D eigenvalue weighted by Gasteiger charge is 2.31. The minimum atomic E-state index is -0.615. The van der Waals surface area contributed by atoms with Crippen molar-refractivity contribution in [1.29, 1.82) is 5.26 Å². The number of halogens is 2. The molecule has 2 N–H and O–H groups in total. The van der Waals surface area contributed by atoms with E-state index in [-0.39, 0.29) is 29.3 Å². The van der Waals surface area contributed by atoms with E-state index in [2.05, 4.69) is 21.7 Å². The second-order valence-electron chi connectivity index (χ2n) is 10.1. The molecule has 6 nitrogen and oxygen atoms in total. The van der Waals surface area contributed by atoms with Crippen molar-refractivity contribution in [2.24, 2.45) is 5.92 Å². The van der Waals surface area contributed by atoms with Crippen LogP contribution in [-0.2, 0) is 0 Å². The van der Waals surface area contributed by atoms with Crippen LogP contribution in [0.2, 0.25) is 0 Å². The van der Waals surface area contributed by atoms with E-state index in [0.717, 1.165) is 54.4 Å². The molecule has 4 aromatic rings. The van der Waals surface area contributed by atoms with Crippen LogP contribution in [0.1, 0.15) is 18.1 Å². The van der Waals surface area contributed by atoms with Gasteiger partial charge in [-0.1, -0.05) is 19.1 Å². The molecule has 1 aliphatic rings. The summed E-state index contributed by atoms with van der Waals surface area (Å²) in [4.78, 5) is 9.12. The smallest absolute Gasteiger partial charge is 0.141 e. The zero-order chi connectivity index (χ0) is 27.7. The number of phenolic OH excluding ortho intramolecular Hbond substituents is 1. The number of aliphatic hydroxyl groups is 1. The van der Waals surface area contributed by atoms with Crippen molar-refractivity contribution >= 4 is 16.6 Å². The molecule has 0 bridgehead atoms. The topological polar surface area (TPSA) is 83.6 Å². The Hall–Kier alpha value is -4.06. The summed E-state index contributed by atoms with van der Waals surface area (Å²) in [5.41, 5.74) is 4.51. The van der Waals surface area contributed by atoms with Gasteiger partial charge in [0, 0.05) is 54.8 Å². The van der Waals surface area contributed by atoms with Crippen molar-refractivity contribution in [3.05, 3.63) is 77.5 Å². The first kappa shape index (κ1) is 26.5. The van der Waals surface area contributed by atoms with Crippen molar-refractivity contribution in [3.63, 3.8) is 0 Å². The number of pyridine rings is 1. The molecule has 0 unspecified atom stereocenters. The SMILES string of the molecule is CCN(CCO)CC1CN(c2c(-c3cc(C)cc(F)c3)cnc3ccc(-c4cc(F)cc(C#N)c4O)cc23)C1. The number of aromatic nitrogens is 1. The van der Waals surface area contributed by atoms with Crippen molar-refractivity contribution in [2.75, 3.05) is 44.2 Å². The van der Waals surface area contributed by atoms with E-state index in [1.54, 1.807) is 12.3 Å². The number of hydrogen-bond acceptors (Lipinski definition) is 6. The Labute approximate surface area is 226 Å². The van der Waals surface area contributed by atoms with Crippen LogP contribution in [0, 0.1) is 35.8 Å². The van der Waals surface area contributed by atoms with E-state index in [1.165, 1.54) is 18.2 Å². The van der Waals surface area contributed by atoms with Gasteiger partial charge in [-0.05, 0) is 66.6 Å². The van der Waals surface area contributed by atoms with Crippen molar-refractivity contribution in [3.8, 4) is 34.1 Å². The fourth-order valence-corrected chi connectivity index (χ4v) is 5.45. The molecular weight excluding hydrogens is 498 g/mol. The van der Waals surface area contributed by atoms with Gasteiger partial charge in [0.05, 0.1) is 23.4 Å². The molecular formula is C31H30F2N4O2. The number of anilines is 1. The number of hydrogen-bond donors (Lipinski definition) is 2. The second-order valence-corrected chi connectivity index (χ2v) is 10.1. The number of rotatable bonds is 8.